The van der Waals surface area contributed by atoms with Crippen molar-refractivity contribution in [2.24, 2.45) is 0 Å². The summed E-state index contributed by atoms with van der Waals surface area (Å²) in [5.41, 5.74) is 1.17. The van der Waals surface area contributed by atoms with Gasteiger partial charge in [0.2, 0.25) is 0 Å². The SMILES string of the molecule is CCOC(=O)N1CCN(C(=O)COC(=O)c2ccc(N3C(=O)c4ccccc4C3=O)cc2)CC1. The highest BCUT2D eigenvalue weighted by atomic mass is 16.6. The molecule has 0 N–H and O–H groups in total. The second kappa shape index (κ2) is 9.74. The summed E-state index contributed by atoms with van der Waals surface area (Å²) >= 11 is 0. The fourth-order valence-electron chi connectivity index (χ4n) is 3.83. The second-order valence-corrected chi connectivity index (χ2v) is 7.68. The molecule has 10 nitrogen and oxygen atoms in total. The van der Waals surface area contributed by atoms with Crippen molar-refractivity contribution in [3.8, 4) is 0 Å². The Morgan fingerprint density at radius 1 is 0.794 bits per heavy atom. The number of amides is 4. The zero-order valence-corrected chi connectivity index (χ0v) is 18.6. The Morgan fingerprint density at radius 3 is 1.91 bits per heavy atom. The Labute approximate surface area is 195 Å². The maximum absolute atomic E-state index is 12.6. The van der Waals surface area contributed by atoms with Crippen LogP contribution in [-0.2, 0) is 14.3 Å². The molecule has 4 rings (SSSR count). The summed E-state index contributed by atoms with van der Waals surface area (Å²) < 4.78 is 10.1. The van der Waals surface area contributed by atoms with Gasteiger partial charge in [-0.2, -0.15) is 0 Å². The van der Waals surface area contributed by atoms with Gasteiger partial charge in [-0.1, -0.05) is 12.1 Å². The second-order valence-electron chi connectivity index (χ2n) is 7.68. The molecule has 0 unspecified atom stereocenters. The van der Waals surface area contributed by atoms with Crippen LogP contribution in [0.25, 0.3) is 0 Å². The smallest absolute Gasteiger partial charge is 0.409 e. The van der Waals surface area contributed by atoms with Crippen LogP contribution in [0.5, 0.6) is 0 Å². The fraction of sp³-hybridized carbons (Fsp3) is 0.292. The number of esters is 1. The van der Waals surface area contributed by atoms with Gasteiger partial charge < -0.3 is 19.3 Å². The summed E-state index contributed by atoms with van der Waals surface area (Å²) in [4.78, 5) is 65.8. The van der Waals surface area contributed by atoms with E-state index in [1.54, 1.807) is 31.2 Å². The van der Waals surface area contributed by atoms with Crippen LogP contribution in [0.3, 0.4) is 0 Å². The highest BCUT2D eigenvalue weighted by Gasteiger charge is 2.36. The van der Waals surface area contributed by atoms with Crippen LogP contribution in [0.15, 0.2) is 48.5 Å². The molecule has 4 amide bonds. The number of hydrogen-bond donors (Lipinski definition) is 0. The topological polar surface area (TPSA) is 114 Å². The molecule has 2 aliphatic heterocycles. The lowest BCUT2D eigenvalue weighted by Crippen LogP contribution is -2.51. The van der Waals surface area contributed by atoms with E-state index in [0.29, 0.717) is 43.0 Å². The molecule has 10 heteroatoms. The lowest BCUT2D eigenvalue weighted by molar-refractivity contribution is -0.136. The van der Waals surface area contributed by atoms with Crippen LogP contribution in [0.4, 0.5) is 10.5 Å². The first-order valence-electron chi connectivity index (χ1n) is 10.8. The van der Waals surface area contributed by atoms with Crippen LogP contribution < -0.4 is 4.90 Å². The number of benzene rings is 2. The van der Waals surface area contributed by atoms with Crippen molar-refractivity contribution in [1.82, 2.24) is 9.80 Å². The van der Waals surface area contributed by atoms with Crippen molar-refractivity contribution in [2.45, 2.75) is 6.92 Å². The monoisotopic (exact) mass is 465 g/mol. The largest absolute Gasteiger partial charge is 0.452 e. The number of anilines is 1. The summed E-state index contributed by atoms with van der Waals surface area (Å²) in [5.74, 6) is -1.92. The zero-order valence-electron chi connectivity index (χ0n) is 18.6. The van der Waals surface area contributed by atoms with Crippen molar-refractivity contribution < 1.29 is 33.4 Å². The number of ether oxygens (including phenoxy) is 2. The molecule has 34 heavy (non-hydrogen) atoms. The number of hydrogen-bond acceptors (Lipinski definition) is 7. The van der Waals surface area contributed by atoms with Crippen molar-refractivity contribution in [1.29, 1.82) is 0 Å². The van der Waals surface area contributed by atoms with Crippen molar-refractivity contribution in [3.63, 3.8) is 0 Å². The third-order valence-corrected chi connectivity index (χ3v) is 5.64. The normalized spacial score (nSPS) is 15.3. The number of carbonyl (C=O) groups excluding carboxylic acids is 5. The molecule has 1 fully saturated rings. The Morgan fingerprint density at radius 2 is 1.35 bits per heavy atom. The standard InChI is InChI=1S/C24H23N3O7/c1-2-33-24(32)26-13-11-25(12-14-26)20(28)15-34-23(31)16-7-9-17(10-8-16)27-21(29)18-5-3-4-6-19(18)22(27)30/h3-10H,2,11-15H2,1H3. The molecule has 0 aromatic heterocycles. The van der Waals surface area contributed by atoms with Gasteiger partial charge in [0.15, 0.2) is 6.61 Å². The van der Waals surface area contributed by atoms with Gasteiger partial charge in [0, 0.05) is 26.2 Å². The molecule has 176 valence electrons. The number of piperazine rings is 1. The van der Waals surface area contributed by atoms with Gasteiger partial charge in [0.05, 0.1) is 29.0 Å². The van der Waals surface area contributed by atoms with Gasteiger partial charge in [-0.25, -0.2) is 14.5 Å². The summed E-state index contributed by atoms with van der Waals surface area (Å²) in [6.07, 6.45) is -0.411. The minimum atomic E-state index is -0.701. The van der Waals surface area contributed by atoms with E-state index < -0.39 is 30.5 Å². The van der Waals surface area contributed by atoms with Gasteiger partial charge in [-0.3, -0.25) is 14.4 Å². The quantitative estimate of drug-likeness (QED) is 0.490. The van der Waals surface area contributed by atoms with Crippen LogP contribution in [0.1, 0.15) is 38.0 Å². The van der Waals surface area contributed by atoms with Gasteiger partial charge >= 0.3 is 12.1 Å². The van der Waals surface area contributed by atoms with Gasteiger partial charge in [0.25, 0.3) is 17.7 Å². The van der Waals surface area contributed by atoms with E-state index in [1.807, 2.05) is 0 Å². The van der Waals surface area contributed by atoms with Crippen LogP contribution >= 0.6 is 0 Å². The maximum Gasteiger partial charge on any atom is 0.409 e. The molecular formula is C24H23N3O7. The van der Waals surface area contributed by atoms with Gasteiger partial charge in [-0.15, -0.1) is 0 Å². The first kappa shape index (κ1) is 23.0. The van der Waals surface area contributed by atoms with Gasteiger partial charge in [-0.05, 0) is 43.3 Å². The summed E-state index contributed by atoms with van der Waals surface area (Å²) in [5, 5.41) is 0. The molecule has 2 aromatic rings. The van der Waals surface area contributed by atoms with Crippen molar-refractivity contribution in [3.05, 3.63) is 65.2 Å². The Hall–Kier alpha value is -4.21. The van der Waals surface area contributed by atoms with E-state index in [2.05, 4.69) is 0 Å². The molecule has 0 radical (unpaired) electrons. The molecule has 0 saturated carbocycles. The van der Waals surface area contributed by atoms with Crippen LogP contribution in [0.2, 0.25) is 0 Å². The van der Waals surface area contributed by atoms with E-state index >= 15 is 0 Å². The Balaban J connectivity index is 1.30. The molecule has 0 bridgehead atoms. The third kappa shape index (κ3) is 4.47. The molecule has 2 heterocycles. The number of nitrogens with zero attached hydrogens (tertiary/aromatic N) is 3. The van der Waals surface area contributed by atoms with E-state index in [4.69, 9.17) is 9.47 Å². The summed E-state index contributed by atoms with van der Waals surface area (Å²) in [6, 6.07) is 12.4. The minimum Gasteiger partial charge on any atom is -0.452 e. The van der Waals surface area contributed by atoms with E-state index in [1.165, 1.54) is 34.1 Å². The first-order chi connectivity index (χ1) is 16.4. The predicted molar refractivity (Wildman–Crippen MR) is 119 cm³/mol. The molecular weight excluding hydrogens is 442 g/mol. The Bertz CT molecular complexity index is 1100. The average Bonchev–Trinajstić information content (AvgIpc) is 3.12. The fourth-order valence-corrected chi connectivity index (χ4v) is 3.83. The van der Waals surface area contributed by atoms with Crippen LogP contribution in [0, 0.1) is 0 Å². The van der Waals surface area contributed by atoms with E-state index in [-0.39, 0.29) is 18.1 Å². The number of rotatable bonds is 5. The molecule has 2 aromatic carbocycles. The lowest BCUT2D eigenvalue weighted by atomic mass is 10.1. The molecule has 0 aliphatic carbocycles. The predicted octanol–water partition coefficient (Wildman–Crippen LogP) is 1.94. The lowest BCUT2D eigenvalue weighted by Gasteiger charge is -2.33. The van der Waals surface area contributed by atoms with E-state index in [9.17, 15) is 24.0 Å². The highest BCUT2D eigenvalue weighted by Crippen LogP contribution is 2.28. The molecule has 0 spiro atoms. The third-order valence-electron chi connectivity index (χ3n) is 5.64. The number of carbonyl (C=O) groups is 5. The first-order valence-corrected chi connectivity index (χ1v) is 10.8. The van der Waals surface area contributed by atoms with Crippen molar-refractivity contribution in [2.75, 3.05) is 44.3 Å². The van der Waals surface area contributed by atoms with E-state index in [0.717, 1.165) is 4.90 Å². The molecule has 1 saturated heterocycles. The van der Waals surface area contributed by atoms with Crippen LogP contribution in [-0.4, -0.2) is 79.0 Å². The summed E-state index contributed by atoms with van der Waals surface area (Å²) in [7, 11) is 0. The molecule has 0 atom stereocenters. The summed E-state index contributed by atoms with van der Waals surface area (Å²) in [6.45, 7) is 2.92. The average molecular weight is 465 g/mol. The molecule has 2 aliphatic rings. The number of imide groups is 1. The number of fused-ring (bicyclic) bond motifs is 1. The highest BCUT2D eigenvalue weighted by molar-refractivity contribution is 6.34. The minimum absolute atomic E-state index is 0.181. The zero-order chi connectivity index (χ0) is 24.2. The van der Waals surface area contributed by atoms with Gasteiger partial charge in [0.1, 0.15) is 0 Å². The Kier molecular flexibility index (Phi) is 6.58. The van der Waals surface area contributed by atoms with Crippen molar-refractivity contribution >= 4 is 35.5 Å². The maximum atomic E-state index is 12.6.